The first-order valence-corrected chi connectivity index (χ1v) is 7.98. The van der Waals surface area contributed by atoms with Crippen molar-refractivity contribution in [2.75, 3.05) is 42.7 Å². The van der Waals surface area contributed by atoms with Crippen LogP contribution in [-0.4, -0.2) is 42.7 Å². The van der Waals surface area contributed by atoms with E-state index in [9.17, 15) is 0 Å². The lowest BCUT2D eigenvalue weighted by atomic mass is 10.0. The van der Waals surface area contributed by atoms with E-state index in [0.29, 0.717) is 34.5 Å². The van der Waals surface area contributed by atoms with E-state index in [4.69, 9.17) is 28.4 Å². The molecule has 0 saturated carbocycles. The predicted octanol–water partition coefficient (Wildman–Crippen LogP) is 4.04. The summed E-state index contributed by atoms with van der Waals surface area (Å²) < 4.78 is 33.1. The van der Waals surface area contributed by atoms with Gasteiger partial charge in [-0.05, 0) is 35.0 Å². The van der Waals surface area contributed by atoms with Crippen molar-refractivity contribution in [2.24, 2.45) is 0 Å². The van der Waals surface area contributed by atoms with Gasteiger partial charge in [0.25, 0.3) is 0 Å². The van der Waals surface area contributed by atoms with Crippen LogP contribution < -0.4 is 28.4 Å². The fourth-order valence-electron chi connectivity index (χ4n) is 3.24. The lowest BCUT2D eigenvalue weighted by Gasteiger charge is -2.18. The van der Waals surface area contributed by atoms with Gasteiger partial charge in [0.2, 0.25) is 11.5 Å². The Morgan fingerprint density at radius 2 is 0.808 bits per heavy atom. The minimum absolute atomic E-state index is 0.543. The number of methoxy groups -OCH3 is 6. The molecule has 0 unspecified atom stereocenters. The zero-order valence-electron chi connectivity index (χ0n) is 15.8. The van der Waals surface area contributed by atoms with E-state index in [1.54, 1.807) is 42.7 Å². The molecule has 0 saturated heterocycles. The number of fused-ring (bicyclic) bond motifs is 2. The van der Waals surface area contributed by atoms with Gasteiger partial charge in [0.1, 0.15) is 0 Å². The maximum Gasteiger partial charge on any atom is 0.203 e. The van der Waals surface area contributed by atoms with Crippen molar-refractivity contribution in [3.63, 3.8) is 0 Å². The molecule has 3 aromatic rings. The number of ether oxygens (including phenoxy) is 6. The summed E-state index contributed by atoms with van der Waals surface area (Å²) in [7, 11) is 9.57. The summed E-state index contributed by atoms with van der Waals surface area (Å²) in [4.78, 5) is 0. The molecule has 3 rings (SSSR count). The molecule has 6 nitrogen and oxygen atoms in total. The smallest absolute Gasteiger partial charge is 0.203 e. The fraction of sp³-hybridized carbons (Fsp3) is 0.300. The average molecular weight is 358 g/mol. The van der Waals surface area contributed by atoms with Crippen molar-refractivity contribution >= 4 is 21.5 Å². The molecule has 0 radical (unpaired) electrons. The predicted molar refractivity (Wildman–Crippen MR) is 101 cm³/mol. The first-order valence-electron chi connectivity index (χ1n) is 7.98. The largest absolute Gasteiger partial charge is 0.493 e. The van der Waals surface area contributed by atoms with Crippen LogP contribution in [0.15, 0.2) is 24.3 Å². The molecular weight excluding hydrogens is 336 g/mol. The molecule has 0 bridgehead atoms. The normalized spacial score (nSPS) is 10.7. The van der Waals surface area contributed by atoms with E-state index in [1.165, 1.54) is 0 Å². The summed E-state index contributed by atoms with van der Waals surface area (Å²) in [5, 5.41) is 3.65. The minimum Gasteiger partial charge on any atom is -0.493 e. The lowest BCUT2D eigenvalue weighted by molar-refractivity contribution is 0.326. The van der Waals surface area contributed by atoms with E-state index in [2.05, 4.69) is 0 Å². The maximum atomic E-state index is 5.61. The van der Waals surface area contributed by atoms with Gasteiger partial charge in [0.05, 0.1) is 42.7 Å². The van der Waals surface area contributed by atoms with E-state index in [-0.39, 0.29) is 0 Å². The molecule has 0 fully saturated rings. The van der Waals surface area contributed by atoms with Crippen LogP contribution in [0.25, 0.3) is 21.5 Å². The Labute approximate surface area is 152 Å². The molecule has 138 valence electrons. The van der Waals surface area contributed by atoms with Crippen molar-refractivity contribution in [1.29, 1.82) is 0 Å². The van der Waals surface area contributed by atoms with Crippen molar-refractivity contribution in [1.82, 2.24) is 0 Å². The highest BCUT2D eigenvalue weighted by molar-refractivity contribution is 6.06. The summed E-state index contributed by atoms with van der Waals surface area (Å²) in [6.45, 7) is 0. The second-order valence-electron chi connectivity index (χ2n) is 5.59. The van der Waals surface area contributed by atoms with Crippen LogP contribution in [0.2, 0.25) is 0 Å². The summed E-state index contributed by atoms with van der Waals surface area (Å²) in [5.41, 5.74) is 0. The molecule has 0 aliphatic heterocycles. The minimum atomic E-state index is 0.543. The Hall–Kier alpha value is -3.02. The molecule has 3 aromatic carbocycles. The first-order chi connectivity index (χ1) is 12.6. The first kappa shape index (κ1) is 17.8. The van der Waals surface area contributed by atoms with Gasteiger partial charge >= 0.3 is 0 Å². The zero-order chi connectivity index (χ0) is 18.8. The Morgan fingerprint density at radius 3 is 1.12 bits per heavy atom. The molecule has 0 aliphatic rings. The van der Waals surface area contributed by atoms with Crippen molar-refractivity contribution in [2.45, 2.75) is 0 Å². The van der Waals surface area contributed by atoms with E-state index in [0.717, 1.165) is 21.5 Å². The Kier molecular flexibility index (Phi) is 4.84. The highest BCUT2D eigenvalue weighted by Crippen LogP contribution is 2.48. The topological polar surface area (TPSA) is 55.4 Å². The summed E-state index contributed by atoms with van der Waals surface area (Å²) in [5.74, 6) is 3.48. The molecule has 26 heavy (non-hydrogen) atoms. The monoisotopic (exact) mass is 358 g/mol. The quantitative estimate of drug-likeness (QED) is 0.620. The van der Waals surface area contributed by atoms with Gasteiger partial charge in [-0.25, -0.2) is 0 Å². The Balaban J connectivity index is 2.48. The van der Waals surface area contributed by atoms with Gasteiger partial charge in [0, 0.05) is 10.8 Å². The summed E-state index contributed by atoms with van der Waals surface area (Å²) in [6.07, 6.45) is 0. The van der Waals surface area contributed by atoms with Gasteiger partial charge in [0.15, 0.2) is 23.0 Å². The van der Waals surface area contributed by atoms with E-state index in [1.807, 2.05) is 24.3 Å². The van der Waals surface area contributed by atoms with Crippen LogP contribution in [0.3, 0.4) is 0 Å². The Morgan fingerprint density at radius 1 is 0.423 bits per heavy atom. The molecule has 6 heteroatoms. The molecule has 0 heterocycles. The fourth-order valence-corrected chi connectivity index (χ4v) is 3.24. The van der Waals surface area contributed by atoms with Crippen molar-refractivity contribution in [3.8, 4) is 34.5 Å². The third-order valence-electron chi connectivity index (χ3n) is 4.40. The van der Waals surface area contributed by atoms with Crippen LogP contribution >= 0.6 is 0 Å². The van der Waals surface area contributed by atoms with Crippen molar-refractivity contribution in [3.05, 3.63) is 24.3 Å². The molecule has 0 amide bonds. The highest BCUT2D eigenvalue weighted by Gasteiger charge is 2.20. The standard InChI is InChI=1S/C20H22O6/c1-21-15-8-11-7-12-9-16(22-2)20(26-6)18(24-4)14(12)10-13(11)17(23-3)19(15)25-5/h7-10H,1-6H3. The van der Waals surface area contributed by atoms with E-state index >= 15 is 0 Å². The zero-order valence-corrected chi connectivity index (χ0v) is 15.8. The van der Waals surface area contributed by atoms with Crippen LogP contribution in [0.5, 0.6) is 34.5 Å². The van der Waals surface area contributed by atoms with Crippen LogP contribution in [-0.2, 0) is 0 Å². The average Bonchev–Trinajstić information content (AvgIpc) is 2.68. The number of benzene rings is 3. The Bertz CT molecular complexity index is 889. The highest BCUT2D eigenvalue weighted by atomic mass is 16.5. The molecular formula is C20H22O6. The summed E-state index contributed by atoms with van der Waals surface area (Å²) in [6, 6.07) is 7.85. The molecule has 0 aliphatic carbocycles. The lowest BCUT2D eigenvalue weighted by Crippen LogP contribution is -1.98. The molecule has 0 spiro atoms. The maximum absolute atomic E-state index is 5.61. The van der Waals surface area contributed by atoms with Gasteiger partial charge in [-0.3, -0.25) is 0 Å². The second-order valence-corrected chi connectivity index (χ2v) is 5.59. The van der Waals surface area contributed by atoms with Crippen LogP contribution in [0, 0.1) is 0 Å². The molecule has 0 atom stereocenters. The van der Waals surface area contributed by atoms with Crippen LogP contribution in [0.4, 0.5) is 0 Å². The van der Waals surface area contributed by atoms with Gasteiger partial charge < -0.3 is 28.4 Å². The van der Waals surface area contributed by atoms with Gasteiger partial charge in [-0.15, -0.1) is 0 Å². The third kappa shape index (κ3) is 2.58. The molecule has 0 N–H and O–H groups in total. The summed E-state index contributed by atoms with van der Waals surface area (Å²) >= 11 is 0. The number of hydrogen-bond acceptors (Lipinski definition) is 6. The van der Waals surface area contributed by atoms with Gasteiger partial charge in [-0.2, -0.15) is 0 Å². The van der Waals surface area contributed by atoms with Gasteiger partial charge in [-0.1, -0.05) is 0 Å². The third-order valence-corrected chi connectivity index (χ3v) is 4.40. The number of hydrogen-bond donors (Lipinski definition) is 0. The number of rotatable bonds is 6. The SMILES string of the molecule is COc1cc2cc3cc(OC)c(OC)c(OC)c3cc2c(OC)c1OC. The van der Waals surface area contributed by atoms with Crippen LogP contribution in [0.1, 0.15) is 0 Å². The second kappa shape index (κ2) is 7.07. The molecule has 0 aromatic heterocycles. The van der Waals surface area contributed by atoms with Crippen molar-refractivity contribution < 1.29 is 28.4 Å². The van der Waals surface area contributed by atoms with E-state index < -0.39 is 0 Å².